The molecule has 5 atom stereocenters. The first kappa shape index (κ1) is 24.4. The summed E-state index contributed by atoms with van der Waals surface area (Å²) in [6.07, 6.45) is 4.12. The number of ether oxygens (including phenoxy) is 3. The van der Waals surface area contributed by atoms with Gasteiger partial charge in [0.25, 0.3) is 0 Å². The molecule has 7 heteroatoms. The number of carbonyl (C=O) groups is 1. The number of hydrogen-bond acceptors (Lipinski definition) is 5. The minimum atomic E-state index is -1.95. The molecule has 0 bridgehead atoms. The number of rotatable bonds is 7. The van der Waals surface area contributed by atoms with Gasteiger partial charge in [-0.05, 0) is 0 Å². The van der Waals surface area contributed by atoms with E-state index in [9.17, 15) is 4.79 Å². The molecule has 2 aliphatic heterocycles. The van der Waals surface area contributed by atoms with Gasteiger partial charge in [0.1, 0.15) is 0 Å². The molecule has 1 saturated carbocycles. The standard InChI is InChI=1S/C25H38O5SeSi/c1-24(2,3)32(4,5)28-17-19-20(29-23-13-9-10-14-27-23)15-21-25(19,16-22(26)30-21)31-18-11-7-6-8-12-18/h6-8,11-12,19-21,23H,9-10,13-17H2,1-5H3/t19-,20+,21-,23?,25-/m0/s1. The molecule has 32 heavy (non-hydrogen) atoms. The fraction of sp³-hybridized carbons (Fsp3) is 0.720. The first-order chi connectivity index (χ1) is 15.1. The van der Waals surface area contributed by atoms with Gasteiger partial charge in [0, 0.05) is 0 Å². The van der Waals surface area contributed by atoms with Crippen LogP contribution in [0.3, 0.4) is 0 Å². The molecule has 2 heterocycles. The summed E-state index contributed by atoms with van der Waals surface area (Å²) in [5.74, 6) is 0.0521. The summed E-state index contributed by atoms with van der Waals surface area (Å²) in [6.45, 7) is 12.8. The van der Waals surface area contributed by atoms with Gasteiger partial charge in [0.2, 0.25) is 0 Å². The molecule has 0 aromatic heterocycles. The summed E-state index contributed by atoms with van der Waals surface area (Å²) < 4.78 is 26.3. The van der Waals surface area contributed by atoms with Gasteiger partial charge in [-0.2, -0.15) is 0 Å². The normalized spacial score (nSPS) is 33.2. The first-order valence-electron chi connectivity index (χ1n) is 12.0. The second-order valence-corrected chi connectivity index (χ2v) is 18.7. The zero-order chi connectivity index (χ0) is 23.0. The minimum absolute atomic E-state index is 0.00782. The summed E-state index contributed by atoms with van der Waals surface area (Å²) in [7, 11) is -1.95. The fourth-order valence-electron chi connectivity index (χ4n) is 4.76. The molecule has 0 amide bonds. The van der Waals surface area contributed by atoms with Crippen LogP contribution in [-0.2, 0) is 23.4 Å². The second kappa shape index (κ2) is 9.51. The summed E-state index contributed by atoms with van der Waals surface area (Å²) in [4.78, 5) is 12.5. The van der Waals surface area contributed by atoms with Gasteiger partial charge >= 0.3 is 200 Å². The Morgan fingerprint density at radius 3 is 2.59 bits per heavy atom. The van der Waals surface area contributed by atoms with E-state index < -0.39 is 8.32 Å². The van der Waals surface area contributed by atoms with Crippen LogP contribution in [0.1, 0.15) is 52.9 Å². The van der Waals surface area contributed by atoms with Crippen LogP contribution < -0.4 is 4.46 Å². The van der Waals surface area contributed by atoms with E-state index in [4.69, 9.17) is 18.6 Å². The van der Waals surface area contributed by atoms with Gasteiger partial charge < -0.3 is 0 Å². The number of esters is 1. The Morgan fingerprint density at radius 2 is 1.94 bits per heavy atom. The second-order valence-electron chi connectivity index (χ2n) is 10.9. The van der Waals surface area contributed by atoms with E-state index in [1.54, 1.807) is 0 Å². The van der Waals surface area contributed by atoms with Crippen LogP contribution in [0.5, 0.6) is 0 Å². The molecule has 5 nitrogen and oxygen atoms in total. The maximum atomic E-state index is 12.5. The predicted octanol–water partition coefficient (Wildman–Crippen LogP) is 4.44. The Labute approximate surface area is 200 Å². The van der Waals surface area contributed by atoms with Crippen LogP contribution in [-0.4, -0.2) is 61.0 Å². The monoisotopic (exact) mass is 526 g/mol. The van der Waals surface area contributed by atoms with E-state index in [1.807, 2.05) is 6.07 Å². The van der Waals surface area contributed by atoms with Crippen molar-refractivity contribution in [1.82, 2.24) is 0 Å². The van der Waals surface area contributed by atoms with Gasteiger partial charge in [-0.25, -0.2) is 0 Å². The van der Waals surface area contributed by atoms with Crippen LogP contribution in [0.4, 0.5) is 0 Å². The van der Waals surface area contributed by atoms with E-state index in [-0.39, 0.29) is 54.7 Å². The molecule has 2 saturated heterocycles. The number of fused-ring (bicyclic) bond motifs is 1. The maximum absolute atomic E-state index is 12.5. The van der Waals surface area contributed by atoms with Gasteiger partial charge in [0.15, 0.2) is 0 Å². The third-order valence-electron chi connectivity index (χ3n) is 7.71. The van der Waals surface area contributed by atoms with E-state index in [1.165, 1.54) is 4.46 Å². The van der Waals surface area contributed by atoms with Gasteiger partial charge in [-0.1, -0.05) is 0 Å². The summed E-state index contributed by atoms with van der Waals surface area (Å²) in [5.41, 5.74) is 0. The molecule has 0 N–H and O–H groups in total. The number of hydrogen-bond donors (Lipinski definition) is 0. The molecule has 0 spiro atoms. The molecule has 0 radical (unpaired) electrons. The summed E-state index contributed by atoms with van der Waals surface area (Å²) in [6, 6.07) is 10.6. The third-order valence-corrected chi connectivity index (χ3v) is 15.6. The van der Waals surface area contributed by atoms with E-state index >= 15 is 0 Å². The molecule has 4 rings (SSSR count). The van der Waals surface area contributed by atoms with Crippen LogP contribution >= 0.6 is 0 Å². The van der Waals surface area contributed by atoms with Crippen LogP contribution in [0.25, 0.3) is 0 Å². The molecule has 3 aliphatic rings. The van der Waals surface area contributed by atoms with Crippen LogP contribution in [0.2, 0.25) is 22.4 Å². The van der Waals surface area contributed by atoms with E-state index in [2.05, 4.69) is 58.1 Å². The number of carbonyl (C=O) groups excluding carboxylic acids is 1. The fourth-order valence-corrected chi connectivity index (χ4v) is 9.08. The Balaban J connectivity index is 1.62. The molecule has 1 aromatic carbocycles. The first-order valence-corrected chi connectivity index (χ1v) is 16.6. The van der Waals surface area contributed by atoms with Crippen LogP contribution in [0.15, 0.2) is 30.3 Å². The number of benzene rings is 1. The average Bonchev–Trinajstić information content (AvgIpc) is 3.16. The van der Waals surface area contributed by atoms with Gasteiger partial charge in [-0.15, -0.1) is 0 Å². The van der Waals surface area contributed by atoms with Crippen molar-refractivity contribution < 1.29 is 23.4 Å². The third kappa shape index (κ3) is 5.03. The van der Waals surface area contributed by atoms with Crippen molar-refractivity contribution in [3.8, 4) is 0 Å². The Hall–Kier alpha value is -0.694. The summed E-state index contributed by atoms with van der Waals surface area (Å²) in [5, 5.41) is 0.133. The molecule has 1 aliphatic carbocycles. The zero-order valence-electron chi connectivity index (χ0n) is 20.1. The van der Waals surface area contributed by atoms with Gasteiger partial charge in [0.05, 0.1) is 0 Å². The molecular weight excluding hydrogens is 487 g/mol. The Kier molecular flexibility index (Phi) is 7.26. The van der Waals surface area contributed by atoms with Crippen molar-refractivity contribution in [3.05, 3.63) is 30.3 Å². The average molecular weight is 526 g/mol. The molecule has 1 unspecified atom stereocenters. The molecule has 1 aromatic rings. The van der Waals surface area contributed by atoms with E-state index in [0.717, 1.165) is 32.3 Å². The molecule has 178 valence electrons. The predicted molar refractivity (Wildman–Crippen MR) is 129 cm³/mol. The molecular formula is C25H38O5SeSi. The van der Waals surface area contributed by atoms with E-state index in [0.29, 0.717) is 13.0 Å². The Morgan fingerprint density at radius 1 is 1.19 bits per heavy atom. The quantitative estimate of drug-likeness (QED) is 0.389. The topological polar surface area (TPSA) is 54.0 Å². The van der Waals surface area contributed by atoms with Crippen molar-refractivity contribution in [3.63, 3.8) is 0 Å². The van der Waals surface area contributed by atoms with Crippen molar-refractivity contribution in [2.45, 2.75) is 93.8 Å². The SMILES string of the molecule is CC(C)(C)[Si](C)(C)OC[C@H]1[C@H](OC2CCCCO2)C[C@@H]2OC(=O)C[C@@]21[Se]c1ccccc1. The van der Waals surface area contributed by atoms with Crippen molar-refractivity contribution in [1.29, 1.82) is 0 Å². The zero-order valence-corrected chi connectivity index (χ0v) is 22.8. The van der Waals surface area contributed by atoms with Crippen molar-refractivity contribution >= 4 is 33.7 Å². The van der Waals surface area contributed by atoms with Crippen LogP contribution in [0, 0.1) is 5.92 Å². The van der Waals surface area contributed by atoms with Crippen molar-refractivity contribution in [2.75, 3.05) is 13.2 Å². The molecule has 3 fully saturated rings. The summed E-state index contributed by atoms with van der Waals surface area (Å²) >= 11 is 0.0814. The Bertz CT molecular complexity index is 789. The van der Waals surface area contributed by atoms with Crippen molar-refractivity contribution in [2.24, 2.45) is 5.92 Å². The van der Waals surface area contributed by atoms with Gasteiger partial charge in [-0.3, -0.25) is 0 Å².